The topological polar surface area (TPSA) is 78.9 Å². The zero-order chi connectivity index (χ0) is 57.1. The van der Waals surface area contributed by atoms with Gasteiger partial charge in [0.05, 0.1) is 0 Å². The minimum atomic E-state index is -0.783. The first-order valence-corrected chi connectivity index (χ1v) is 35.1. The number of esters is 3. The van der Waals surface area contributed by atoms with E-state index in [0.717, 1.165) is 89.9 Å². The van der Waals surface area contributed by atoms with E-state index < -0.39 is 6.10 Å². The highest BCUT2D eigenvalue weighted by Gasteiger charge is 2.19. The van der Waals surface area contributed by atoms with Gasteiger partial charge in [0.2, 0.25) is 0 Å². The van der Waals surface area contributed by atoms with Crippen LogP contribution in [-0.2, 0) is 28.6 Å². The van der Waals surface area contributed by atoms with Crippen LogP contribution >= 0.6 is 0 Å². The molecule has 0 heterocycles. The molecule has 0 aliphatic carbocycles. The third-order valence-electron chi connectivity index (χ3n) is 15.8. The summed E-state index contributed by atoms with van der Waals surface area (Å²) in [6, 6.07) is 0. The Hall–Kier alpha value is -2.63. The Bertz CT molecular complexity index is 1360. The summed E-state index contributed by atoms with van der Waals surface area (Å²) in [4.78, 5) is 38.3. The highest BCUT2D eigenvalue weighted by atomic mass is 16.6. The third-order valence-corrected chi connectivity index (χ3v) is 15.8. The monoisotopic (exact) mass is 1110 g/mol. The lowest BCUT2D eigenvalue weighted by atomic mass is 10.0. The van der Waals surface area contributed by atoms with E-state index >= 15 is 0 Å². The van der Waals surface area contributed by atoms with Gasteiger partial charge in [-0.15, -0.1) is 0 Å². The van der Waals surface area contributed by atoms with Crippen molar-refractivity contribution in [2.24, 2.45) is 0 Å². The molecule has 0 radical (unpaired) electrons. The van der Waals surface area contributed by atoms with Gasteiger partial charge in [0.1, 0.15) is 13.2 Å². The molecule has 0 rings (SSSR count). The van der Waals surface area contributed by atoms with Crippen molar-refractivity contribution in [1.82, 2.24) is 0 Å². The maximum Gasteiger partial charge on any atom is 0.306 e. The van der Waals surface area contributed by atoms with E-state index in [0.29, 0.717) is 19.3 Å². The van der Waals surface area contributed by atoms with Crippen LogP contribution in [0.2, 0.25) is 0 Å². The molecule has 0 aromatic carbocycles. The summed E-state index contributed by atoms with van der Waals surface area (Å²) >= 11 is 0. The first-order chi connectivity index (χ1) is 39.0. The Kier molecular flexibility index (Phi) is 65.6. The average Bonchev–Trinajstić information content (AvgIpc) is 3.45. The first-order valence-electron chi connectivity index (χ1n) is 35.1. The second-order valence-electron chi connectivity index (χ2n) is 23.8. The molecule has 0 bridgehead atoms. The van der Waals surface area contributed by atoms with Gasteiger partial charge >= 0.3 is 17.9 Å². The van der Waals surface area contributed by atoms with Crippen molar-refractivity contribution < 1.29 is 28.6 Å². The Morgan fingerprint density at radius 2 is 0.456 bits per heavy atom. The molecule has 0 saturated heterocycles. The summed E-state index contributed by atoms with van der Waals surface area (Å²) in [6.45, 7) is 6.63. The predicted octanol–water partition coefficient (Wildman–Crippen LogP) is 24.1. The normalized spacial score (nSPS) is 12.3. The van der Waals surface area contributed by atoms with Crippen LogP contribution in [0.5, 0.6) is 0 Å². The van der Waals surface area contributed by atoms with Crippen molar-refractivity contribution in [3.8, 4) is 0 Å². The number of ether oxygens (including phenoxy) is 3. The number of carbonyl (C=O) groups is 3. The van der Waals surface area contributed by atoms with Gasteiger partial charge in [-0.1, -0.05) is 326 Å². The van der Waals surface area contributed by atoms with Crippen LogP contribution in [0.15, 0.2) is 48.6 Å². The quantitative estimate of drug-likeness (QED) is 0.0261. The zero-order valence-corrected chi connectivity index (χ0v) is 53.2. The summed E-state index contributed by atoms with van der Waals surface area (Å²) in [6.07, 6.45) is 85.8. The number of rotatable bonds is 65. The molecule has 0 saturated carbocycles. The number of allylic oxidation sites excluding steroid dienone is 8. The average molecular weight is 1110 g/mol. The van der Waals surface area contributed by atoms with Gasteiger partial charge in [0.15, 0.2) is 6.10 Å². The maximum atomic E-state index is 12.9. The van der Waals surface area contributed by atoms with Crippen LogP contribution < -0.4 is 0 Å². The Balaban J connectivity index is 4.16. The van der Waals surface area contributed by atoms with Gasteiger partial charge in [-0.3, -0.25) is 14.4 Å². The lowest BCUT2D eigenvalue weighted by Gasteiger charge is -2.18. The van der Waals surface area contributed by atoms with Crippen molar-refractivity contribution in [2.75, 3.05) is 13.2 Å². The number of hydrogen-bond donors (Lipinski definition) is 0. The van der Waals surface area contributed by atoms with Gasteiger partial charge in [-0.05, 0) is 83.5 Å². The summed E-state index contributed by atoms with van der Waals surface area (Å²) in [5.74, 6) is -0.878. The summed E-state index contributed by atoms with van der Waals surface area (Å²) < 4.78 is 16.9. The van der Waals surface area contributed by atoms with Gasteiger partial charge in [-0.25, -0.2) is 0 Å². The van der Waals surface area contributed by atoms with E-state index in [-0.39, 0.29) is 31.1 Å². The maximum absolute atomic E-state index is 12.9. The molecule has 6 heteroatoms. The summed E-state index contributed by atoms with van der Waals surface area (Å²) in [5, 5.41) is 0. The van der Waals surface area contributed by atoms with E-state index in [1.807, 2.05) is 0 Å². The molecule has 0 fully saturated rings. The van der Waals surface area contributed by atoms with Crippen LogP contribution in [0.25, 0.3) is 0 Å². The second kappa shape index (κ2) is 67.9. The van der Waals surface area contributed by atoms with E-state index in [2.05, 4.69) is 69.4 Å². The second-order valence-corrected chi connectivity index (χ2v) is 23.8. The lowest BCUT2D eigenvalue weighted by molar-refractivity contribution is -0.167. The smallest absolute Gasteiger partial charge is 0.306 e. The highest BCUT2D eigenvalue weighted by Crippen LogP contribution is 2.18. The van der Waals surface area contributed by atoms with Crippen LogP contribution in [0.1, 0.15) is 380 Å². The SMILES string of the molecule is CCCCC/C=C\C/C=C\C/C=C\CCCCCCCCC(=O)OC(COC(=O)CCCCCCC/C=C\CCCCC)COC(=O)CCCCCCCCCCCCCCCCCCCCCCCCCCCCCCCC. The van der Waals surface area contributed by atoms with Crippen LogP contribution in [0, 0.1) is 0 Å². The molecular weight excluding hydrogens is 973 g/mol. The molecule has 0 amide bonds. The molecule has 79 heavy (non-hydrogen) atoms. The fraction of sp³-hybridized carbons (Fsp3) is 0.849. The molecule has 0 aromatic heterocycles. The first kappa shape index (κ1) is 76.4. The minimum absolute atomic E-state index is 0.0776. The summed E-state index contributed by atoms with van der Waals surface area (Å²) in [7, 11) is 0. The number of hydrogen-bond acceptors (Lipinski definition) is 6. The van der Waals surface area contributed by atoms with E-state index in [1.54, 1.807) is 0 Å². The fourth-order valence-corrected chi connectivity index (χ4v) is 10.5. The van der Waals surface area contributed by atoms with Crippen molar-refractivity contribution in [1.29, 1.82) is 0 Å². The van der Waals surface area contributed by atoms with Crippen LogP contribution in [-0.4, -0.2) is 37.2 Å². The third kappa shape index (κ3) is 66.1. The van der Waals surface area contributed by atoms with Gasteiger partial charge < -0.3 is 14.2 Å². The number of carbonyl (C=O) groups excluding carboxylic acids is 3. The van der Waals surface area contributed by atoms with Gasteiger partial charge in [0.25, 0.3) is 0 Å². The van der Waals surface area contributed by atoms with Gasteiger partial charge in [0, 0.05) is 19.3 Å². The summed E-state index contributed by atoms with van der Waals surface area (Å²) in [5.41, 5.74) is 0. The molecule has 0 N–H and O–H groups in total. The predicted molar refractivity (Wildman–Crippen MR) is 344 cm³/mol. The van der Waals surface area contributed by atoms with Crippen molar-refractivity contribution in [3.63, 3.8) is 0 Å². The Labute approximate surface area is 492 Å². The number of unbranched alkanes of at least 4 members (excludes halogenated alkanes) is 46. The van der Waals surface area contributed by atoms with Crippen molar-refractivity contribution >= 4 is 17.9 Å². The van der Waals surface area contributed by atoms with E-state index in [4.69, 9.17) is 14.2 Å². The fourth-order valence-electron chi connectivity index (χ4n) is 10.5. The molecule has 0 aliphatic heterocycles. The zero-order valence-electron chi connectivity index (χ0n) is 53.2. The van der Waals surface area contributed by atoms with Crippen LogP contribution in [0.3, 0.4) is 0 Å². The van der Waals surface area contributed by atoms with Crippen LogP contribution in [0.4, 0.5) is 0 Å². The Morgan fingerprint density at radius 1 is 0.253 bits per heavy atom. The highest BCUT2D eigenvalue weighted by molar-refractivity contribution is 5.71. The largest absolute Gasteiger partial charge is 0.462 e. The minimum Gasteiger partial charge on any atom is -0.462 e. The molecule has 1 unspecified atom stereocenters. The molecule has 1 atom stereocenters. The van der Waals surface area contributed by atoms with Gasteiger partial charge in [-0.2, -0.15) is 0 Å². The van der Waals surface area contributed by atoms with Crippen molar-refractivity contribution in [3.05, 3.63) is 48.6 Å². The van der Waals surface area contributed by atoms with Crippen molar-refractivity contribution in [2.45, 2.75) is 386 Å². The molecule has 0 aliphatic rings. The van der Waals surface area contributed by atoms with E-state index in [1.165, 1.54) is 250 Å². The molecule has 6 nitrogen and oxygen atoms in total. The molecule has 462 valence electrons. The molecule has 0 aromatic rings. The lowest BCUT2D eigenvalue weighted by Crippen LogP contribution is -2.30. The molecular formula is C73H134O6. The Morgan fingerprint density at radius 3 is 0.747 bits per heavy atom. The standard InChI is InChI=1S/C73H134O6/c1-4-7-10-13-16-19-22-25-27-29-31-32-33-34-35-36-37-38-39-40-41-43-44-46-48-51-54-57-60-63-66-72(75)78-69-70(68-77-71(74)65-62-59-56-53-50-24-21-18-15-12-9-6-3)79-73(76)67-64-61-58-55-52-49-47-45-42-30-28-26-23-20-17-14-11-8-5-2/h17-18,20-21,26,28,42,45,70H,4-16,19,22-25,27,29-41,43-44,46-69H2,1-3H3/b20-17-,21-18-,28-26-,45-42-. The van der Waals surface area contributed by atoms with E-state index in [9.17, 15) is 14.4 Å². The molecule has 0 spiro atoms.